The van der Waals surface area contributed by atoms with Crippen molar-refractivity contribution in [3.05, 3.63) is 51.2 Å². The average Bonchev–Trinajstić information content (AvgIpc) is 2.55. The van der Waals surface area contributed by atoms with Crippen molar-refractivity contribution in [2.75, 3.05) is 0 Å². The number of benzene rings is 1. The Morgan fingerprint density at radius 2 is 2.04 bits per heavy atom. The van der Waals surface area contributed by atoms with Crippen molar-refractivity contribution < 1.29 is 13.9 Å². The molecule has 132 valence electrons. The molecule has 0 saturated carbocycles. The minimum atomic E-state index is -0.677. The molecule has 2 rings (SSSR count). The van der Waals surface area contributed by atoms with Gasteiger partial charge in [0.25, 0.3) is 5.56 Å². The quantitative estimate of drug-likeness (QED) is 0.775. The van der Waals surface area contributed by atoms with Crippen LogP contribution in [0.15, 0.2) is 23.5 Å². The second-order valence-electron chi connectivity index (χ2n) is 5.82. The predicted octanol–water partition coefficient (Wildman–Crippen LogP) is 3.75. The second kappa shape index (κ2) is 7.19. The normalized spacial score (nSPS) is 10.8. The number of hydrogen-bond acceptors (Lipinski definition) is 4. The van der Waals surface area contributed by atoms with Crippen molar-refractivity contribution in [2.24, 2.45) is 13.0 Å². The van der Waals surface area contributed by atoms with Crippen LogP contribution in [0.25, 0.3) is 17.2 Å². The SMILES string of the molecule is C=Cc1c(Cl)ccc(F)c1-c1c(OC(=O)C(C)C)c(C)nn(C)c1=O. The van der Waals surface area contributed by atoms with E-state index >= 15 is 0 Å². The maximum atomic E-state index is 14.6. The molecule has 0 fully saturated rings. The highest BCUT2D eigenvalue weighted by Crippen LogP contribution is 2.37. The maximum absolute atomic E-state index is 14.6. The van der Waals surface area contributed by atoms with E-state index in [0.29, 0.717) is 0 Å². The van der Waals surface area contributed by atoms with E-state index < -0.39 is 23.3 Å². The Balaban J connectivity index is 2.91. The summed E-state index contributed by atoms with van der Waals surface area (Å²) in [5.41, 5.74) is -0.271. The fourth-order valence-corrected chi connectivity index (χ4v) is 2.58. The molecular formula is C18H18ClFN2O3. The first kappa shape index (κ1) is 18.9. The topological polar surface area (TPSA) is 61.2 Å². The molecule has 2 aromatic rings. The molecular weight excluding hydrogens is 347 g/mol. The molecule has 0 radical (unpaired) electrons. The molecule has 0 aliphatic heterocycles. The van der Waals surface area contributed by atoms with Gasteiger partial charge in [0, 0.05) is 23.2 Å². The van der Waals surface area contributed by atoms with Crippen LogP contribution in [0, 0.1) is 18.7 Å². The molecule has 0 aliphatic carbocycles. The lowest BCUT2D eigenvalue weighted by atomic mass is 9.98. The third kappa shape index (κ3) is 3.49. The van der Waals surface area contributed by atoms with Crippen molar-refractivity contribution in [3.8, 4) is 16.9 Å². The van der Waals surface area contributed by atoms with Gasteiger partial charge in [0.15, 0.2) is 5.75 Å². The van der Waals surface area contributed by atoms with Gasteiger partial charge >= 0.3 is 5.97 Å². The summed E-state index contributed by atoms with van der Waals surface area (Å²) in [5, 5.41) is 4.25. The molecule has 0 amide bonds. The molecule has 0 spiro atoms. The van der Waals surface area contributed by atoms with E-state index in [0.717, 1.165) is 10.7 Å². The summed E-state index contributed by atoms with van der Waals surface area (Å²) < 4.78 is 21.0. The van der Waals surface area contributed by atoms with Crippen molar-refractivity contribution in [1.82, 2.24) is 9.78 Å². The Morgan fingerprint density at radius 3 is 2.60 bits per heavy atom. The lowest BCUT2D eigenvalue weighted by molar-refractivity contribution is -0.137. The Bertz CT molecular complexity index is 920. The van der Waals surface area contributed by atoms with Gasteiger partial charge in [-0.3, -0.25) is 9.59 Å². The summed E-state index contributed by atoms with van der Waals surface area (Å²) in [7, 11) is 1.43. The molecule has 0 bridgehead atoms. The molecule has 1 heterocycles. The Labute approximate surface area is 149 Å². The minimum absolute atomic E-state index is 0.0693. The highest BCUT2D eigenvalue weighted by Gasteiger charge is 2.25. The number of aryl methyl sites for hydroxylation is 2. The van der Waals surface area contributed by atoms with Crippen LogP contribution in [0.1, 0.15) is 25.1 Å². The number of carbonyl (C=O) groups excluding carboxylic acids is 1. The molecule has 7 heteroatoms. The lowest BCUT2D eigenvalue weighted by Crippen LogP contribution is -2.26. The van der Waals surface area contributed by atoms with Crippen LogP contribution in [-0.4, -0.2) is 15.7 Å². The average molecular weight is 365 g/mol. The summed E-state index contributed by atoms with van der Waals surface area (Å²) in [6.07, 6.45) is 1.35. The van der Waals surface area contributed by atoms with Gasteiger partial charge in [-0.2, -0.15) is 5.10 Å². The zero-order valence-corrected chi connectivity index (χ0v) is 15.1. The molecule has 5 nitrogen and oxygen atoms in total. The van der Waals surface area contributed by atoms with E-state index in [4.69, 9.17) is 16.3 Å². The number of aromatic nitrogens is 2. The molecule has 0 N–H and O–H groups in total. The first-order valence-electron chi connectivity index (χ1n) is 7.59. The van der Waals surface area contributed by atoms with Crippen LogP contribution >= 0.6 is 11.6 Å². The van der Waals surface area contributed by atoms with Gasteiger partial charge in [-0.05, 0) is 19.1 Å². The van der Waals surface area contributed by atoms with Crippen LogP contribution in [0.5, 0.6) is 5.75 Å². The monoisotopic (exact) mass is 364 g/mol. The third-order valence-electron chi connectivity index (χ3n) is 3.63. The number of ether oxygens (including phenoxy) is 1. The summed E-state index contributed by atoms with van der Waals surface area (Å²) in [4.78, 5) is 24.7. The summed E-state index contributed by atoms with van der Waals surface area (Å²) in [5.74, 6) is -1.74. The van der Waals surface area contributed by atoms with Crippen molar-refractivity contribution in [3.63, 3.8) is 0 Å². The third-order valence-corrected chi connectivity index (χ3v) is 3.96. The van der Waals surface area contributed by atoms with E-state index in [2.05, 4.69) is 11.7 Å². The Kier molecular flexibility index (Phi) is 5.42. The number of nitrogens with zero attached hydrogens (tertiary/aromatic N) is 2. The van der Waals surface area contributed by atoms with Gasteiger partial charge in [0.1, 0.15) is 11.5 Å². The van der Waals surface area contributed by atoms with Crippen LogP contribution < -0.4 is 10.3 Å². The zero-order valence-electron chi connectivity index (χ0n) is 14.4. The predicted molar refractivity (Wildman–Crippen MR) is 95.2 cm³/mol. The van der Waals surface area contributed by atoms with Crippen molar-refractivity contribution >= 4 is 23.6 Å². The van der Waals surface area contributed by atoms with Gasteiger partial charge in [-0.25, -0.2) is 9.07 Å². The van der Waals surface area contributed by atoms with Crippen LogP contribution in [0.4, 0.5) is 4.39 Å². The van der Waals surface area contributed by atoms with E-state index in [-0.39, 0.29) is 33.2 Å². The number of rotatable bonds is 4. The van der Waals surface area contributed by atoms with Crippen LogP contribution in [0.2, 0.25) is 5.02 Å². The smallest absolute Gasteiger partial charge is 0.313 e. The molecule has 0 saturated heterocycles. The lowest BCUT2D eigenvalue weighted by Gasteiger charge is -2.17. The Hall–Kier alpha value is -2.47. The zero-order chi connectivity index (χ0) is 18.9. The van der Waals surface area contributed by atoms with Crippen LogP contribution in [-0.2, 0) is 11.8 Å². The fraction of sp³-hybridized carbons (Fsp3) is 0.278. The second-order valence-corrected chi connectivity index (χ2v) is 6.22. The van der Waals surface area contributed by atoms with Gasteiger partial charge in [0.05, 0.1) is 11.5 Å². The van der Waals surface area contributed by atoms with E-state index in [1.807, 2.05) is 0 Å². The molecule has 1 aromatic heterocycles. The number of carbonyl (C=O) groups is 1. The maximum Gasteiger partial charge on any atom is 0.313 e. The van der Waals surface area contributed by atoms with Gasteiger partial charge in [-0.1, -0.05) is 38.1 Å². The minimum Gasteiger partial charge on any atom is -0.423 e. The van der Waals surface area contributed by atoms with Crippen molar-refractivity contribution in [2.45, 2.75) is 20.8 Å². The molecule has 0 unspecified atom stereocenters. The molecule has 0 atom stereocenters. The fourth-order valence-electron chi connectivity index (χ4n) is 2.34. The van der Waals surface area contributed by atoms with E-state index in [1.54, 1.807) is 20.8 Å². The molecule has 25 heavy (non-hydrogen) atoms. The summed E-state index contributed by atoms with van der Waals surface area (Å²) >= 11 is 6.12. The van der Waals surface area contributed by atoms with Gasteiger partial charge < -0.3 is 4.74 Å². The first-order valence-corrected chi connectivity index (χ1v) is 7.97. The Morgan fingerprint density at radius 1 is 1.40 bits per heavy atom. The number of halogens is 2. The largest absolute Gasteiger partial charge is 0.423 e. The molecule has 1 aromatic carbocycles. The number of hydrogen-bond donors (Lipinski definition) is 0. The summed E-state index contributed by atoms with van der Waals surface area (Å²) in [6.45, 7) is 8.51. The van der Waals surface area contributed by atoms with Crippen LogP contribution in [0.3, 0.4) is 0 Å². The standard InChI is InChI=1S/C18H18ClFN2O3/c1-6-11-12(19)7-8-13(20)14(11)15-16(25-18(24)9(2)3)10(4)21-22(5)17(15)23/h6-9H,1H2,2-5H3. The first-order chi connectivity index (χ1) is 11.7. The summed E-state index contributed by atoms with van der Waals surface area (Å²) in [6, 6.07) is 2.52. The highest BCUT2D eigenvalue weighted by atomic mass is 35.5. The highest BCUT2D eigenvalue weighted by molar-refractivity contribution is 6.32. The van der Waals surface area contributed by atoms with Crippen molar-refractivity contribution in [1.29, 1.82) is 0 Å². The molecule has 0 aliphatic rings. The van der Waals surface area contributed by atoms with E-state index in [1.165, 1.54) is 19.2 Å². The van der Waals surface area contributed by atoms with Gasteiger partial charge in [-0.15, -0.1) is 0 Å². The van der Waals surface area contributed by atoms with Gasteiger partial charge in [0.2, 0.25) is 0 Å². The van der Waals surface area contributed by atoms with E-state index in [9.17, 15) is 14.0 Å². The number of esters is 1.